The van der Waals surface area contributed by atoms with Crippen molar-refractivity contribution in [3.8, 4) is 0 Å². The van der Waals surface area contributed by atoms with Crippen LogP contribution >= 0.6 is 11.3 Å². The maximum Gasteiger partial charge on any atom is 0.242 e. The Bertz CT molecular complexity index is 525. The minimum Gasteiger partial charge on any atom is -0.357 e. The molecule has 1 atom stereocenters. The van der Waals surface area contributed by atoms with E-state index in [1.807, 2.05) is 25.3 Å². The SMILES string of the molecule is CCNC(=O)[C@H](C)Nc1ncnc2ccsc12. The number of amides is 1. The number of carbonyl (C=O) groups excluding carboxylic acids is 1. The van der Waals surface area contributed by atoms with Crippen LogP contribution in [0.15, 0.2) is 17.8 Å². The zero-order chi connectivity index (χ0) is 12.3. The van der Waals surface area contributed by atoms with Crippen LogP contribution in [-0.4, -0.2) is 28.5 Å². The van der Waals surface area contributed by atoms with E-state index in [2.05, 4.69) is 20.6 Å². The van der Waals surface area contributed by atoms with Crippen LogP contribution < -0.4 is 10.6 Å². The van der Waals surface area contributed by atoms with Crippen molar-refractivity contribution in [2.45, 2.75) is 19.9 Å². The molecule has 0 radical (unpaired) electrons. The van der Waals surface area contributed by atoms with Gasteiger partial charge >= 0.3 is 0 Å². The minimum absolute atomic E-state index is 0.0316. The Labute approximate surface area is 103 Å². The van der Waals surface area contributed by atoms with Gasteiger partial charge in [-0.2, -0.15) is 0 Å². The van der Waals surface area contributed by atoms with E-state index in [0.29, 0.717) is 12.4 Å². The Kier molecular flexibility index (Phi) is 3.53. The van der Waals surface area contributed by atoms with Gasteiger partial charge in [0.05, 0.1) is 10.2 Å². The van der Waals surface area contributed by atoms with Gasteiger partial charge in [0.1, 0.15) is 18.2 Å². The fourth-order valence-electron chi connectivity index (χ4n) is 1.49. The lowest BCUT2D eigenvalue weighted by Crippen LogP contribution is -2.37. The summed E-state index contributed by atoms with van der Waals surface area (Å²) in [5.41, 5.74) is 0.899. The number of nitrogens with zero attached hydrogens (tertiary/aromatic N) is 2. The van der Waals surface area contributed by atoms with E-state index in [1.54, 1.807) is 11.3 Å². The van der Waals surface area contributed by atoms with Crippen LogP contribution in [0.25, 0.3) is 10.2 Å². The maximum atomic E-state index is 11.6. The fourth-order valence-corrected chi connectivity index (χ4v) is 2.29. The summed E-state index contributed by atoms with van der Waals surface area (Å²) in [7, 11) is 0. The molecule has 0 aliphatic carbocycles. The molecule has 0 aliphatic rings. The normalized spacial score (nSPS) is 12.4. The number of hydrogen-bond acceptors (Lipinski definition) is 5. The second kappa shape index (κ2) is 5.09. The molecule has 2 N–H and O–H groups in total. The standard InChI is InChI=1S/C11H14N4OS/c1-3-12-11(16)7(2)15-10-9-8(4-5-17-9)13-6-14-10/h4-7H,3H2,1-2H3,(H,12,16)(H,13,14,15)/t7-/m0/s1. The molecule has 90 valence electrons. The lowest BCUT2D eigenvalue weighted by Gasteiger charge is -2.13. The molecule has 17 heavy (non-hydrogen) atoms. The van der Waals surface area contributed by atoms with E-state index >= 15 is 0 Å². The number of nitrogens with one attached hydrogen (secondary N) is 2. The number of likely N-dealkylation sites (N-methyl/N-ethyl adjacent to an activating group) is 1. The van der Waals surface area contributed by atoms with Crippen molar-refractivity contribution < 1.29 is 4.79 Å². The van der Waals surface area contributed by atoms with Crippen LogP contribution in [0.1, 0.15) is 13.8 Å². The number of carbonyl (C=O) groups is 1. The van der Waals surface area contributed by atoms with Crippen LogP contribution in [0.2, 0.25) is 0 Å². The second-order valence-corrected chi connectivity index (χ2v) is 4.53. The van der Waals surface area contributed by atoms with Gasteiger partial charge in [-0.25, -0.2) is 9.97 Å². The quantitative estimate of drug-likeness (QED) is 0.865. The third kappa shape index (κ3) is 2.52. The lowest BCUT2D eigenvalue weighted by molar-refractivity contribution is -0.121. The third-order valence-corrected chi connectivity index (χ3v) is 3.25. The van der Waals surface area contributed by atoms with Crippen LogP contribution in [0.3, 0.4) is 0 Å². The highest BCUT2D eigenvalue weighted by molar-refractivity contribution is 7.17. The third-order valence-electron chi connectivity index (χ3n) is 2.34. The molecular weight excluding hydrogens is 236 g/mol. The highest BCUT2D eigenvalue weighted by Gasteiger charge is 2.14. The molecule has 6 heteroatoms. The highest BCUT2D eigenvalue weighted by Crippen LogP contribution is 2.25. The van der Waals surface area contributed by atoms with E-state index in [4.69, 9.17) is 0 Å². The van der Waals surface area contributed by atoms with Gasteiger partial charge < -0.3 is 10.6 Å². The Morgan fingerprint density at radius 2 is 2.35 bits per heavy atom. The number of aromatic nitrogens is 2. The predicted octanol–water partition coefficient (Wildman–Crippen LogP) is 1.63. The summed E-state index contributed by atoms with van der Waals surface area (Å²) in [6.45, 7) is 4.34. The maximum absolute atomic E-state index is 11.6. The summed E-state index contributed by atoms with van der Waals surface area (Å²) in [5.74, 6) is 0.680. The Morgan fingerprint density at radius 1 is 1.53 bits per heavy atom. The first-order valence-corrected chi connectivity index (χ1v) is 6.32. The number of anilines is 1. The van der Waals surface area contributed by atoms with Gasteiger partial charge in [0.25, 0.3) is 0 Å². The zero-order valence-electron chi connectivity index (χ0n) is 9.73. The molecule has 0 aromatic carbocycles. The molecule has 0 fully saturated rings. The van der Waals surface area contributed by atoms with Crippen molar-refractivity contribution in [3.63, 3.8) is 0 Å². The van der Waals surface area contributed by atoms with E-state index in [-0.39, 0.29) is 11.9 Å². The average molecular weight is 250 g/mol. The first-order chi connectivity index (χ1) is 8.22. The molecule has 0 saturated carbocycles. The molecule has 1 amide bonds. The van der Waals surface area contributed by atoms with Gasteiger partial charge in [-0.3, -0.25) is 4.79 Å². The number of fused-ring (bicyclic) bond motifs is 1. The first-order valence-electron chi connectivity index (χ1n) is 5.44. The molecule has 0 saturated heterocycles. The van der Waals surface area contributed by atoms with Gasteiger partial charge in [0, 0.05) is 6.54 Å². The van der Waals surface area contributed by atoms with E-state index in [1.165, 1.54) is 6.33 Å². The lowest BCUT2D eigenvalue weighted by atomic mass is 10.3. The largest absolute Gasteiger partial charge is 0.357 e. The zero-order valence-corrected chi connectivity index (χ0v) is 10.5. The van der Waals surface area contributed by atoms with Gasteiger partial charge in [0.15, 0.2) is 0 Å². The summed E-state index contributed by atoms with van der Waals surface area (Å²) in [5, 5.41) is 7.83. The Hall–Kier alpha value is -1.69. The van der Waals surface area contributed by atoms with Gasteiger partial charge in [-0.1, -0.05) is 0 Å². The number of thiophene rings is 1. The van der Waals surface area contributed by atoms with Crippen molar-refractivity contribution in [3.05, 3.63) is 17.8 Å². The Morgan fingerprint density at radius 3 is 3.12 bits per heavy atom. The topological polar surface area (TPSA) is 66.9 Å². The van der Waals surface area contributed by atoms with Crippen molar-refractivity contribution in [2.24, 2.45) is 0 Å². The predicted molar refractivity (Wildman–Crippen MR) is 69.2 cm³/mol. The summed E-state index contributed by atoms with van der Waals surface area (Å²) in [6, 6.07) is 1.62. The van der Waals surface area contributed by atoms with Crippen molar-refractivity contribution >= 4 is 33.3 Å². The molecule has 2 aromatic heterocycles. The molecule has 2 rings (SSSR count). The van der Waals surface area contributed by atoms with Gasteiger partial charge in [-0.15, -0.1) is 11.3 Å². The van der Waals surface area contributed by atoms with Crippen LogP contribution in [0.5, 0.6) is 0 Å². The average Bonchev–Trinajstić information content (AvgIpc) is 2.78. The number of hydrogen-bond donors (Lipinski definition) is 2. The molecular formula is C11H14N4OS. The van der Waals surface area contributed by atoms with Crippen LogP contribution in [0.4, 0.5) is 5.82 Å². The molecule has 5 nitrogen and oxygen atoms in total. The monoisotopic (exact) mass is 250 g/mol. The van der Waals surface area contributed by atoms with Gasteiger partial charge in [-0.05, 0) is 25.3 Å². The van der Waals surface area contributed by atoms with Crippen molar-refractivity contribution in [1.82, 2.24) is 15.3 Å². The molecule has 0 bridgehead atoms. The smallest absolute Gasteiger partial charge is 0.242 e. The molecule has 2 heterocycles. The first kappa shape index (κ1) is 11.8. The minimum atomic E-state index is -0.310. The van der Waals surface area contributed by atoms with E-state index in [9.17, 15) is 4.79 Å². The molecule has 0 aliphatic heterocycles. The summed E-state index contributed by atoms with van der Waals surface area (Å²) in [6.07, 6.45) is 1.50. The van der Waals surface area contributed by atoms with E-state index in [0.717, 1.165) is 10.2 Å². The second-order valence-electron chi connectivity index (χ2n) is 3.62. The Balaban J connectivity index is 2.18. The summed E-state index contributed by atoms with van der Waals surface area (Å²) in [4.78, 5) is 19.9. The van der Waals surface area contributed by atoms with Crippen molar-refractivity contribution in [2.75, 3.05) is 11.9 Å². The van der Waals surface area contributed by atoms with Gasteiger partial charge in [0.2, 0.25) is 5.91 Å². The highest BCUT2D eigenvalue weighted by atomic mass is 32.1. The van der Waals surface area contributed by atoms with Crippen molar-refractivity contribution in [1.29, 1.82) is 0 Å². The number of rotatable bonds is 4. The molecule has 2 aromatic rings. The molecule has 0 spiro atoms. The summed E-state index contributed by atoms with van der Waals surface area (Å²) >= 11 is 1.56. The van der Waals surface area contributed by atoms with Crippen LogP contribution in [0, 0.1) is 0 Å². The van der Waals surface area contributed by atoms with E-state index < -0.39 is 0 Å². The molecule has 0 unspecified atom stereocenters. The fraction of sp³-hybridized carbons (Fsp3) is 0.364. The summed E-state index contributed by atoms with van der Waals surface area (Å²) < 4.78 is 0.976. The van der Waals surface area contributed by atoms with Crippen LogP contribution in [-0.2, 0) is 4.79 Å².